The maximum absolute atomic E-state index is 12.9. The van der Waals surface area contributed by atoms with E-state index in [0.29, 0.717) is 6.42 Å². The van der Waals surface area contributed by atoms with E-state index in [1.165, 1.54) is 0 Å². The monoisotopic (exact) mass is 464 g/mol. The molecule has 7 heteroatoms. The van der Waals surface area contributed by atoms with Crippen LogP contribution in [-0.2, 0) is 14.3 Å². The molecule has 0 bridgehead atoms. The van der Waals surface area contributed by atoms with Crippen molar-refractivity contribution in [1.82, 2.24) is 10.6 Å². The summed E-state index contributed by atoms with van der Waals surface area (Å²) in [5, 5.41) is 14.8. The highest BCUT2D eigenvalue weighted by atomic mass is 16.5. The van der Waals surface area contributed by atoms with Gasteiger partial charge in [0.05, 0.1) is 0 Å². The van der Waals surface area contributed by atoms with Crippen molar-refractivity contribution in [3.8, 4) is 11.1 Å². The van der Waals surface area contributed by atoms with Crippen molar-refractivity contribution < 1.29 is 24.2 Å². The molecule has 2 aliphatic carbocycles. The molecule has 0 spiro atoms. The number of rotatable bonds is 8. The van der Waals surface area contributed by atoms with E-state index >= 15 is 0 Å². The van der Waals surface area contributed by atoms with Gasteiger partial charge in [-0.05, 0) is 52.8 Å². The van der Waals surface area contributed by atoms with Crippen molar-refractivity contribution in [3.05, 3.63) is 59.7 Å². The Morgan fingerprint density at radius 2 is 1.53 bits per heavy atom. The molecule has 3 N–H and O–H groups in total. The summed E-state index contributed by atoms with van der Waals surface area (Å²) in [4.78, 5) is 37.3. The van der Waals surface area contributed by atoms with E-state index in [2.05, 4.69) is 22.8 Å². The molecule has 0 aliphatic heterocycles. The molecule has 34 heavy (non-hydrogen) atoms. The molecule has 2 aromatic carbocycles. The van der Waals surface area contributed by atoms with Crippen molar-refractivity contribution in [2.45, 2.75) is 58.0 Å². The van der Waals surface area contributed by atoms with Crippen LogP contribution in [0.25, 0.3) is 11.1 Å². The summed E-state index contributed by atoms with van der Waals surface area (Å²) in [6.07, 6.45) is 1.21. The van der Waals surface area contributed by atoms with Gasteiger partial charge in [-0.2, -0.15) is 0 Å². The van der Waals surface area contributed by atoms with E-state index in [4.69, 9.17) is 4.74 Å². The van der Waals surface area contributed by atoms with Crippen LogP contribution in [0.4, 0.5) is 4.79 Å². The van der Waals surface area contributed by atoms with Gasteiger partial charge >= 0.3 is 12.1 Å². The summed E-state index contributed by atoms with van der Waals surface area (Å²) in [6.45, 7) is 6.02. The van der Waals surface area contributed by atoms with Crippen molar-refractivity contribution in [3.63, 3.8) is 0 Å². The fourth-order valence-electron chi connectivity index (χ4n) is 4.67. The molecular weight excluding hydrogens is 432 g/mol. The fourth-order valence-corrected chi connectivity index (χ4v) is 4.67. The Bertz CT molecular complexity index is 1040. The normalized spacial score (nSPS) is 16.7. The maximum atomic E-state index is 12.9. The molecule has 2 aromatic rings. The number of carbonyl (C=O) groups is 3. The second kappa shape index (κ2) is 9.49. The van der Waals surface area contributed by atoms with Gasteiger partial charge in [-0.25, -0.2) is 9.59 Å². The molecule has 1 saturated carbocycles. The molecule has 180 valence electrons. The van der Waals surface area contributed by atoms with Crippen LogP contribution in [-0.4, -0.2) is 41.8 Å². The number of carbonyl (C=O) groups excluding carboxylic acids is 2. The molecule has 2 amide bonds. The number of hydrogen-bond acceptors (Lipinski definition) is 4. The number of fused-ring (bicyclic) bond motifs is 3. The van der Waals surface area contributed by atoms with Crippen LogP contribution >= 0.6 is 0 Å². The smallest absolute Gasteiger partial charge is 0.407 e. The first kappa shape index (κ1) is 23.8. The zero-order chi connectivity index (χ0) is 24.5. The number of amides is 2. The zero-order valence-corrected chi connectivity index (χ0v) is 19.8. The Kier molecular flexibility index (Phi) is 6.64. The van der Waals surface area contributed by atoms with Gasteiger partial charge in [-0.1, -0.05) is 69.3 Å². The van der Waals surface area contributed by atoms with Gasteiger partial charge in [0.15, 0.2) is 0 Å². The Hall–Kier alpha value is -3.35. The largest absolute Gasteiger partial charge is 0.480 e. The van der Waals surface area contributed by atoms with E-state index < -0.39 is 30.1 Å². The molecule has 0 radical (unpaired) electrons. The summed E-state index contributed by atoms with van der Waals surface area (Å²) < 4.78 is 5.60. The second-order valence-electron chi connectivity index (χ2n) is 10.4. The van der Waals surface area contributed by atoms with E-state index in [0.717, 1.165) is 35.1 Å². The van der Waals surface area contributed by atoms with Gasteiger partial charge in [0, 0.05) is 5.92 Å². The lowest BCUT2D eigenvalue weighted by molar-refractivity contribution is -0.142. The van der Waals surface area contributed by atoms with Gasteiger partial charge in [0.2, 0.25) is 5.91 Å². The Labute approximate surface area is 199 Å². The predicted molar refractivity (Wildman–Crippen MR) is 128 cm³/mol. The average Bonchev–Trinajstić information content (AvgIpc) is 3.57. The fraction of sp³-hybridized carbons (Fsp3) is 0.444. The molecule has 0 heterocycles. The van der Waals surface area contributed by atoms with Crippen LogP contribution < -0.4 is 10.6 Å². The van der Waals surface area contributed by atoms with Crippen molar-refractivity contribution >= 4 is 18.0 Å². The standard InChI is InChI=1S/C27H32N2O5/c1-27(2,3)14-22(24(30)29-23(25(31)32)16-12-13-16)28-26(33)34-15-21-19-10-6-4-8-17(19)18-9-5-7-11-20(18)21/h4-11,16,21-23H,12-15H2,1-3H3,(H,28,33)(H,29,30)(H,31,32). The minimum atomic E-state index is -1.05. The van der Waals surface area contributed by atoms with Gasteiger partial charge in [-0.3, -0.25) is 4.79 Å². The lowest BCUT2D eigenvalue weighted by Crippen LogP contribution is -2.53. The Morgan fingerprint density at radius 1 is 0.971 bits per heavy atom. The summed E-state index contributed by atoms with van der Waals surface area (Å²) >= 11 is 0. The van der Waals surface area contributed by atoms with Crippen molar-refractivity contribution in [2.24, 2.45) is 11.3 Å². The minimum Gasteiger partial charge on any atom is -0.480 e. The van der Waals surface area contributed by atoms with Gasteiger partial charge < -0.3 is 20.5 Å². The van der Waals surface area contributed by atoms with Crippen LogP contribution in [0.3, 0.4) is 0 Å². The number of ether oxygens (including phenoxy) is 1. The molecule has 2 unspecified atom stereocenters. The summed E-state index contributed by atoms with van der Waals surface area (Å²) in [6, 6.07) is 14.3. The first-order valence-electron chi connectivity index (χ1n) is 11.8. The second-order valence-corrected chi connectivity index (χ2v) is 10.4. The maximum Gasteiger partial charge on any atom is 0.407 e. The summed E-state index contributed by atoms with van der Waals surface area (Å²) in [5.74, 6) is -1.68. The minimum absolute atomic E-state index is 0.0498. The van der Waals surface area contributed by atoms with Crippen LogP contribution in [0.2, 0.25) is 0 Å². The molecule has 2 aliphatic rings. The molecule has 7 nitrogen and oxygen atoms in total. The number of alkyl carbamates (subject to hydrolysis) is 1. The Balaban J connectivity index is 1.43. The number of benzene rings is 2. The topological polar surface area (TPSA) is 105 Å². The highest BCUT2D eigenvalue weighted by Gasteiger charge is 2.39. The number of carboxylic acids is 1. The number of carboxylic acid groups (broad SMARTS) is 1. The van der Waals surface area contributed by atoms with Crippen LogP contribution in [0.1, 0.15) is 57.1 Å². The first-order chi connectivity index (χ1) is 16.1. The Morgan fingerprint density at radius 3 is 2.03 bits per heavy atom. The van der Waals surface area contributed by atoms with E-state index in [-0.39, 0.29) is 23.9 Å². The van der Waals surface area contributed by atoms with Crippen LogP contribution in [0, 0.1) is 11.3 Å². The third-order valence-corrected chi connectivity index (χ3v) is 6.43. The molecule has 1 fully saturated rings. The SMILES string of the molecule is CC(C)(C)CC(NC(=O)OCC1c2ccccc2-c2ccccc21)C(=O)NC(C(=O)O)C1CC1. The number of nitrogens with one attached hydrogen (secondary N) is 2. The van der Waals surface area contributed by atoms with E-state index in [1.54, 1.807) is 0 Å². The summed E-state index contributed by atoms with van der Waals surface area (Å²) in [7, 11) is 0. The average molecular weight is 465 g/mol. The van der Waals surface area contributed by atoms with Gasteiger partial charge in [0.1, 0.15) is 18.7 Å². The van der Waals surface area contributed by atoms with Crippen LogP contribution in [0.15, 0.2) is 48.5 Å². The van der Waals surface area contributed by atoms with E-state index in [1.807, 2.05) is 57.2 Å². The highest BCUT2D eigenvalue weighted by molar-refractivity contribution is 5.89. The molecule has 0 aromatic heterocycles. The molecular formula is C27H32N2O5. The van der Waals surface area contributed by atoms with Gasteiger partial charge in [0.25, 0.3) is 0 Å². The lowest BCUT2D eigenvalue weighted by atomic mass is 9.87. The lowest BCUT2D eigenvalue weighted by Gasteiger charge is -2.27. The zero-order valence-electron chi connectivity index (χ0n) is 19.8. The van der Waals surface area contributed by atoms with Gasteiger partial charge in [-0.15, -0.1) is 0 Å². The summed E-state index contributed by atoms with van der Waals surface area (Å²) in [5.41, 5.74) is 4.22. The van der Waals surface area contributed by atoms with Crippen molar-refractivity contribution in [1.29, 1.82) is 0 Å². The quantitative estimate of drug-likeness (QED) is 0.540. The number of aliphatic carboxylic acids is 1. The highest BCUT2D eigenvalue weighted by Crippen LogP contribution is 2.44. The predicted octanol–water partition coefficient (Wildman–Crippen LogP) is 4.31. The molecule has 2 atom stereocenters. The molecule has 4 rings (SSSR count). The molecule has 0 saturated heterocycles. The number of hydrogen-bond donors (Lipinski definition) is 3. The van der Waals surface area contributed by atoms with E-state index in [9.17, 15) is 19.5 Å². The van der Waals surface area contributed by atoms with Crippen molar-refractivity contribution in [2.75, 3.05) is 6.61 Å². The third kappa shape index (κ3) is 5.41. The van der Waals surface area contributed by atoms with Crippen LogP contribution in [0.5, 0.6) is 0 Å². The third-order valence-electron chi connectivity index (χ3n) is 6.43. The first-order valence-corrected chi connectivity index (χ1v) is 11.8.